The maximum absolute atomic E-state index is 4.05. The van der Waals surface area contributed by atoms with Crippen LogP contribution in [0.4, 0.5) is 17.1 Å². The molecule has 60 heavy (non-hydrogen) atoms. The minimum atomic E-state index is -0.550. The van der Waals surface area contributed by atoms with Crippen LogP contribution in [0.3, 0.4) is 0 Å². The van der Waals surface area contributed by atoms with Crippen LogP contribution in [0, 0.1) is 0 Å². The van der Waals surface area contributed by atoms with E-state index in [2.05, 4.69) is 253 Å². The van der Waals surface area contributed by atoms with Crippen LogP contribution >= 0.6 is 15.9 Å². The van der Waals surface area contributed by atoms with Gasteiger partial charge >= 0.3 is 0 Å². The van der Waals surface area contributed by atoms with Crippen molar-refractivity contribution in [3.05, 3.63) is 256 Å². The van der Waals surface area contributed by atoms with Crippen molar-refractivity contribution in [1.29, 1.82) is 0 Å². The molecule has 1 unspecified atom stereocenters. The van der Waals surface area contributed by atoms with Gasteiger partial charge in [0.05, 0.1) is 5.41 Å². The van der Waals surface area contributed by atoms with E-state index in [0.29, 0.717) is 0 Å². The maximum atomic E-state index is 4.05. The summed E-state index contributed by atoms with van der Waals surface area (Å²) in [6.45, 7) is 4.72. The van der Waals surface area contributed by atoms with Gasteiger partial charge in [0.2, 0.25) is 0 Å². The number of anilines is 3. The fourth-order valence-corrected chi connectivity index (χ4v) is 10.8. The van der Waals surface area contributed by atoms with Crippen LogP contribution in [0.25, 0.3) is 44.5 Å². The molecule has 2 aliphatic rings. The second-order valence-corrected chi connectivity index (χ2v) is 17.5. The smallest absolute Gasteiger partial charge is 0.0724 e. The molecule has 11 rings (SSSR count). The molecule has 0 heterocycles. The third-order valence-corrected chi connectivity index (χ3v) is 13.7. The summed E-state index contributed by atoms with van der Waals surface area (Å²) in [6.07, 6.45) is 0. The summed E-state index contributed by atoms with van der Waals surface area (Å²) in [5.41, 5.74) is 20.5. The van der Waals surface area contributed by atoms with Gasteiger partial charge in [0.25, 0.3) is 0 Å². The lowest BCUT2D eigenvalue weighted by atomic mass is 9.67. The third-order valence-electron chi connectivity index (χ3n) is 13.0. The van der Waals surface area contributed by atoms with Gasteiger partial charge in [0, 0.05) is 26.9 Å². The monoisotopic (exact) mass is 831 g/mol. The zero-order valence-electron chi connectivity index (χ0n) is 33.6. The summed E-state index contributed by atoms with van der Waals surface area (Å²) in [4.78, 5) is 2.42. The molecule has 0 amide bonds. The Morgan fingerprint density at radius 1 is 0.333 bits per heavy atom. The average molecular weight is 833 g/mol. The van der Waals surface area contributed by atoms with E-state index in [9.17, 15) is 0 Å². The van der Waals surface area contributed by atoms with Gasteiger partial charge in [-0.1, -0.05) is 200 Å². The zero-order chi connectivity index (χ0) is 40.4. The molecule has 0 aromatic heterocycles. The minimum Gasteiger partial charge on any atom is -0.310 e. The lowest BCUT2D eigenvalue weighted by Gasteiger charge is -2.35. The van der Waals surface area contributed by atoms with E-state index in [4.69, 9.17) is 0 Å². The highest BCUT2D eigenvalue weighted by atomic mass is 79.9. The van der Waals surface area contributed by atoms with Crippen molar-refractivity contribution < 1.29 is 0 Å². The standard InChI is InChI=1S/C58H42BrN/c1-57(2)51-21-11-9-19-47(51)49-35-34-46(38-55(49)57)60(44-30-25-41(26-31-44)39-15-5-3-6-16-39)45-32-28-43(29-33-45)58(54-23-13-14-24-56(54)59)52-22-12-10-20-48(52)50-37-42(27-36-53(50)58)40-17-7-4-8-18-40/h3-38H,1-2H3. The summed E-state index contributed by atoms with van der Waals surface area (Å²) in [6, 6.07) is 80.5. The highest BCUT2D eigenvalue weighted by Crippen LogP contribution is 2.58. The first-order valence-electron chi connectivity index (χ1n) is 20.8. The number of halogens is 1. The van der Waals surface area contributed by atoms with Gasteiger partial charge in [0.1, 0.15) is 0 Å². The summed E-state index contributed by atoms with van der Waals surface area (Å²) in [7, 11) is 0. The van der Waals surface area contributed by atoms with Crippen molar-refractivity contribution in [3.63, 3.8) is 0 Å². The first kappa shape index (κ1) is 36.3. The number of benzene rings is 9. The highest BCUT2D eigenvalue weighted by Gasteiger charge is 2.47. The molecule has 0 fully saturated rings. The Morgan fingerprint density at radius 2 is 0.800 bits per heavy atom. The van der Waals surface area contributed by atoms with E-state index < -0.39 is 5.41 Å². The maximum Gasteiger partial charge on any atom is 0.0724 e. The van der Waals surface area contributed by atoms with Crippen molar-refractivity contribution in [2.45, 2.75) is 24.7 Å². The first-order valence-corrected chi connectivity index (χ1v) is 21.6. The van der Waals surface area contributed by atoms with Crippen molar-refractivity contribution in [1.82, 2.24) is 0 Å². The molecular formula is C58H42BrN. The summed E-state index contributed by atoms with van der Waals surface area (Å²) < 4.78 is 1.09. The van der Waals surface area contributed by atoms with Gasteiger partial charge in [-0.3, -0.25) is 0 Å². The topological polar surface area (TPSA) is 3.24 Å². The largest absolute Gasteiger partial charge is 0.310 e. The Kier molecular flexibility index (Phi) is 8.62. The van der Waals surface area contributed by atoms with E-state index in [0.717, 1.165) is 21.5 Å². The van der Waals surface area contributed by atoms with E-state index >= 15 is 0 Å². The fourth-order valence-electron chi connectivity index (χ4n) is 10.2. The molecule has 2 heteroatoms. The minimum absolute atomic E-state index is 0.117. The second-order valence-electron chi connectivity index (χ2n) is 16.6. The number of rotatable bonds is 7. The van der Waals surface area contributed by atoms with Crippen molar-refractivity contribution in [2.75, 3.05) is 4.90 Å². The van der Waals surface area contributed by atoms with Crippen molar-refractivity contribution in [3.8, 4) is 44.5 Å². The molecule has 286 valence electrons. The zero-order valence-corrected chi connectivity index (χ0v) is 35.2. The Balaban J connectivity index is 1.09. The molecule has 0 radical (unpaired) electrons. The number of nitrogens with zero attached hydrogens (tertiary/aromatic N) is 1. The molecule has 0 saturated carbocycles. The molecule has 0 spiro atoms. The van der Waals surface area contributed by atoms with Gasteiger partial charge < -0.3 is 4.90 Å². The van der Waals surface area contributed by atoms with Crippen molar-refractivity contribution in [2.24, 2.45) is 0 Å². The van der Waals surface area contributed by atoms with Gasteiger partial charge in [-0.2, -0.15) is 0 Å². The molecule has 0 saturated heterocycles. The Hall–Kier alpha value is -6.74. The van der Waals surface area contributed by atoms with Gasteiger partial charge in [-0.15, -0.1) is 0 Å². The molecule has 2 aliphatic carbocycles. The Labute approximate surface area is 361 Å². The molecular weight excluding hydrogens is 791 g/mol. The lowest BCUT2D eigenvalue weighted by Crippen LogP contribution is -2.29. The lowest BCUT2D eigenvalue weighted by molar-refractivity contribution is 0.660. The predicted octanol–water partition coefficient (Wildman–Crippen LogP) is 15.9. The van der Waals surface area contributed by atoms with Crippen LogP contribution < -0.4 is 4.90 Å². The Morgan fingerprint density at radius 3 is 1.47 bits per heavy atom. The summed E-state index contributed by atoms with van der Waals surface area (Å²) in [5.74, 6) is 0. The van der Waals surface area contributed by atoms with Crippen molar-refractivity contribution >= 4 is 33.0 Å². The van der Waals surface area contributed by atoms with E-state index in [1.54, 1.807) is 0 Å². The second kappa shape index (κ2) is 14.2. The average Bonchev–Trinajstić information content (AvgIpc) is 3.73. The number of hydrogen-bond acceptors (Lipinski definition) is 1. The molecule has 0 N–H and O–H groups in total. The van der Waals surface area contributed by atoms with Crippen LogP contribution in [0.15, 0.2) is 223 Å². The predicted molar refractivity (Wildman–Crippen MR) is 255 cm³/mol. The number of hydrogen-bond donors (Lipinski definition) is 0. The van der Waals surface area contributed by atoms with Gasteiger partial charge in [0.15, 0.2) is 0 Å². The molecule has 0 bridgehead atoms. The molecule has 1 atom stereocenters. The summed E-state index contributed by atoms with van der Waals surface area (Å²) >= 11 is 4.05. The molecule has 1 nitrogen and oxygen atoms in total. The molecule has 9 aromatic rings. The van der Waals surface area contributed by atoms with E-state index in [1.807, 2.05) is 0 Å². The highest BCUT2D eigenvalue weighted by molar-refractivity contribution is 9.10. The summed E-state index contributed by atoms with van der Waals surface area (Å²) in [5, 5.41) is 0. The quantitative estimate of drug-likeness (QED) is 0.155. The van der Waals surface area contributed by atoms with Gasteiger partial charge in [-0.05, 0) is 126 Å². The molecule has 9 aromatic carbocycles. The third kappa shape index (κ3) is 5.59. The van der Waals surface area contributed by atoms with Gasteiger partial charge in [-0.25, -0.2) is 0 Å². The van der Waals surface area contributed by atoms with Crippen LogP contribution in [-0.2, 0) is 10.8 Å². The van der Waals surface area contributed by atoms with Crippen LogP contribution in [-0.4, -0.2) is 0 Å². The van der Waals surface area contributed by atoms with Crippen LogP contribution in [0.2, 0.25) is 0 Å². The normalized spacial score (nSPS) is 15.4. The van der Waals surface area contributed by atoms with Crippen LogP contribution in [0.5, 0.6) is 0 Å². The Bertz CT molecular complexity index is 3060. The first-order chi connectivity index (χ1) is 29.4. The van der Waals surface area contributed by atoms with Crippen LogP contribution in [0.1, 0.15) is 47.2 Å². The fraction of sp³-hybridized carbons (Fsp3) is 0.0690. The van der Waals surface area contributed by atoms with E-state index in [1.165, 1.54) is 77.9 Å². The molecule has 0 aliphatic heterocycles. The number of fused-ring (bicyclic) bond motifs is 6. The van der Waals surface area contributed by atoms with E-state index in [-0.39, 0.29) is 5.41 Å². The SMILES string of the molecule is CC1(C)c2ccccc2-c2ccc(N(c3ccc(-c4ccccc4)cc3)c3ccc(C4(c5ccccc5Br)c5ccccc5-c5cc(-c6ccccc6)ccc54)cc3)cc21.